The molecule has 0 unspecified atom stereocenters. The van der Waals surface area contributed by atoms with Gasteiger partial charge in [-0.3, -0.25) is 0 Å². The third kappa shape index (κ3) is -0.0372. The fourth-order valence-electron chi connectivity index (χ4n) is 0. The quantitative estimate of drug-likeness (QED) is 0.321. The maximum Gasteiger partial charge on any atom is 0 e. The molecule has 22 heteroatoms. The third-order valence-electron chi connectivity index (χ3n) is 0. The largest absolute Gasteiger partial charge is 0 e. The Kier molecular flexibility index (Phi) is 0. The maximum atomic E-state index is 0. The molecule has 44 valence electrons. The molecule has 0 rings (SSSR count). The van der Waals surface area contributed by atoms with Gasteiger partial charge >= 0.3 is 0 Å². The third-order valence-corrected chi connectivity index (χ3v) is 0. The zero-order chi connectivity index (χ0) is 0. The van der Waals surface area contributed by atoms with Crippen molar-refractivity contribution in [2.45, 2.75) is 0 Å². The Morgan fingerprint density at radius 1 is 0.0455 bits per heavy atom. The van der Waals surface area contributed by atoms with Gasteiger partial charge in [0.05, 0.1) is 0 Å². The summed E-state index contributed by atoms with van der Waals surface area (Å²) in [5.41, 5.74) is 0. The molecule has 0 radical (unpaired) electrons. The van der Waals surface area contributed by atoms with Crippen LogP contribution in [0.25, 0.3) is 0 Å². The molecule has 0 heterocycles. The van der Waals surface area contributed by atoms with Gasteiger partial charge in [0.15, 0.2) is 0 Å². The maximum absolute atomic E-state index is 0. The Bertz CT molecular complexity index is 0. The summed E-state index contributed by atoms with van der Waals surface area (Å²) in [5, 5.41) is 0. The van der Waals surface area contributed by atoms with Gasteiger partial charge < -0.3 is 0 Å². The van der Waals surface area contributed by atoms with Crippen LogP contribution in [0.5, 0.6) is 0 Å². The molecule has 0 amide bonds. The van der Waals surface area contributed by atoms with Crippen LogP contribution in [0.4, 0.5) is 0 Å². The van der Waals surface area contributed by atoms with Crippen LogP contribution >= 0.6 is 0 Å². The molecule has 0 saturated heterocycles. The van der Waals surface area contributed by atoms with E-state index in [4.69, 9.17) is 0 Å². The second kappa shape index (κ2) is -0.00826. The second-order valence-corrected chi connectivity index (χ2v) is 0. The molecule has 22 heavy (non-hydrogen) atoms. The Morgan fingerprint density at radius 2 is 0.0455 bits per heavy atom. The predicted molar refractivity (Wildman–Crippen MR) is 0 cm³/mol. The fraction of sp³-hybridized carbons (Fsp3) is 0. The van der Waals surface area contributed by atoms with Crippen molar-refractivity contribution in [3.05, 3.63) is 0 Å². The molecule has 0 spiro atoms. The van der Waals surface area contributed by atoms with Crippen LogP contribution in [0.1, 0.15) is 0 Å². The zero-order valence-corrected chi connectivity index (χ0v) is 156. The van der Waals surface area contributed by atoms with Crippen LogP contribution in [0, 0.1) is 0 Å². The number of hydrogen-bond donors (Lipinski definition) is 0. The van der Waals surface area contributed by atoms with E-state index < -0.39 is 0 Å². The van der Waals surface area contributed by atoms with Crippen molar-refractivity contribution in [2.24, 2.45) is 0 Å². The number of rotatable bonds is 0. The Morgan fingerprint density at radius 3 is 0.0455 bits per heavy atom. The molecule has 0 nitrogen and oxygen atoms in total. The van der Waals surface area contributed by atoms with Crippen LogP contribution in [-0.2, 0) is 0 Å². The summed E-state index contributed by atoms with van der Waals surface area (Å²) in [6.45, 7) is 0. The Labute approximate surface area is 0 Å². The minimum Gasteiger partial charge on any atom is 0 e. The van der Waals surface area contributed by atoms with Gasteiger partial charge in [-0.25, -0.2) is 0 Å². The van der Waals surface area contributed by atoms with E-state index in [-0.39, 0.29) is 0 Å². The van der Waals surface area contributed by atoms with E-state index in [9.17, 15) is 0 Å². The van der Waals surface area contributed by atoms with Crippen molar-refractivity contribution >= 4 is 0 Å². The normalized spacial score (nSPS) is 0. The average molecular weight is 5870 g/mol. The van der Waals surface area contributed by atoms with Crippen molar-refractivity contribution in [3.63, 3.8) is 0 Å². The SMILES string of the molecule is [Rf].[Rf].[Rf].[Rf].[Rf].[Rf].[Rf].[Rf].[Rf].[Rf].[Rf].[Rf].[Rf].[Rf].[Rf].[Rf].[Rf].[Rf].[Rf].[Rf].[Rf].[Rf]. The summed E-state index contributed by atoms with van der Waals surface area (Å²) in [4.78, 5) is 0. The van der Waals surface area contributed by atoms with Crippen LogP contribution < -0.4 is 0 Å². The van der Waals surface area contributed by atoms with E-state index in [1.165, 1.54) is 0 Å². The number of hydrogen-bond acceptors (Lipinski definition) is 0. The van der Waals surface area contributed by atoms with E-state index in [0.717, 1.165) is 0 Å². The molecule has 0 aromatic heterocycles. The molecule has 0 aromatic rings. The Balaban J connectivity index is 0. The van der Waals surface area contributed by atoms with Gasteiger partial charge in [-0.05, 0) is 0 Å². The van der Waals surface area contributed by atoms with Crippen molar-refractivity contribution in [1.29, 1.82) is 0 Å². The van der Waals surface area contributed by atoms with E-state index in [2.05, 4.69) is 0 Å². The summed E-state index contributed by atoms with van der Waals surface area (Å²) in [5.74, 6) is 0. The van der Waals surface area contributed by atoms with Gasteiger partial charge in [-0.15, -0.1) is 0 Å². The van der Waals surface area contributed by atoms with Crippen molar-refractivity contribution in [3.8, 4) is 0 Å². The summed E-state index contributed by atoms with van der Waals surface area (Å²) >= 11 is 0. The average Bonchev–Trinajstić information content (AvgIpc) is 0. The fourth-order valence-corrected chi connectivity index (χ4v) is 0. The molecule has 0 N–H and O–H groups in total. The molecule has 0 aromatic carbocycles. The summed E-state index contributed by atoms with van der Waals surface area (Å²) in [6.07, 6.45) is 0. The van der Waals surface area contributed by atoms with E-state index in [1.807, 2.05) is 0 Å². The first-order valence-electron chi connectivity index (χ1n) is 0. The summed E-state index contributed by atoms with van der Waals surface area (Å²) in [7, 11) is 0. The molecule has 0 bridgehead atoms. The second-order valence-electron chi connectivity index (χ2n) is 0. The summed E-state index contributed by atoms with van der Waals surface area (Å²) < 4.78 is 0. The van der Waals surface area contributed by atoms with Gasteiger partial charge in [0.2, 0.25) is 0 Å². The first kappa shape index (κ1) is 0. The van der Waals surface area contributed by atoms with Crippen molar-refractivity contribution in [2.75, 3.05) is 0 Å². The first-order valence-corrected chi connectivity index (χ1v) is 0. The smallest absolute Gasteiger partial charge is 0 e. The molecule has 0 aliphatic rings. The molecule has 0 aliphatic heterocycles. The monoisotopic (exact) mass is 5880 g/mol. The molecule has 0 saturated carbocycles. The van der Waals surface area contributed by atoms with Crippen LogP contribution in [0.2, 0.25) is 0 Å². The molecule has 0 aliphatic carbocycles. The van der Waals surface area contributed by atoms with Gasteiger partial charge in [0, 0.05) is 0 Å². The van der Waals surface area contributed by atoms with Crippen molar-refractivity contribution in [1.82, 2.24) is 0 Å². The first-order chi connectivity index (χ1) is 0. The van der Waals surface area contributed by atoms with Crippen molar-refractivity contribution < 1.29 is 0 Å². The van der Waals surface area contributed by atoms with Gasteiger partial charge in [0.1, 0.15) is 0 Å². The van der Waals surface area contributed by atoms with Crippen LogP contribution in [-0.4, -0.2) is 0 Å². The zero-order valence-electron chi connectivity index (χ0n) is 15.6. The standard InChI is InChI=1S/22Rf. The van der Waals surface area contributed by atoms with Crippen LogP contribution in [0.15, 0.2) is 0 Å². The minimum absolute atomic E-state index is 0. The molecular formula is Rf22. The van der Waals surface area contributed by atoms with Gasteiger partial charge in [-0.1, -0.05) is 0 Å². The van der Waals surface area contributed by atoms with Gasteiger partial charge in [0.25, 0.3) is 0 Å². The van der Waals surface area contributed by atoms with E-state index >= 15 is 0 Å². The molecule has 0 atom stereocenters. The Hall–Kier alpha value is -22.0. The molecular weight excluding hydrogens is 5870 g/mol. The van der Waals surface area contributed by atoms with E-state index in [1.54, 1.807) is 0 Å². The minimum atomic E-state index is 0. The van der Waals surface area contributed by atoms with Crippen LogP contribution in [0.3, 0.4) is 0 Å². The van der Waals surface area contributed by atoms with Gasteiger partial charge in [-0.2, -0.15) is 0 Å². The topological polar surface area (TPSA) is 0 Å². The molecule has 0 fully saturated rings. The summed E-state index contributed by atoms with van der Waals surface area (Å²) in [6, 6.07) is 0. The predicted octanol–water partition coefficient (Wildman–Crippen LogP) is 0. The van der Waals surface area contributed by atoms with E-state index in [0.29, 0.717) is 0 Å².